The van der Waals surface area contributed by atoms with Gasteiger partial charge in [0.2, 0.25) is 10.0 Å². The zero-order valence-electron chi connectivity index (χ0n) is 12.8. The third kappa shape index (κ3) is 4.03. The summed E-state index contributed by atoms with van der Waals surface area (Å²) in [5.74, 6) is 0.425. The largest absolute Gasteiger partial charge is 0.326 e. The first-order valence-corrected chi connectivity index (χ1v) is 8.89. The Labute approximate surface area is 127 Å². The molecular weight excluding hydrogens is 286 g/mol. The van der Waals surface area contributed by atoms with E-state index in [0.717, 1.165) is 37.1 Å². The van der Waals surface area contributed by atoms with Crippen LogP contribution in [0.15, 0.2) is 23.1 Å². The van der Waals surface area contributed by atoms with Gasteiger partial charge in [-0.1, -0.05) is 12.1 Å². The van der Waals surface area contributed by atoms with E-state index in [1.165, 1.54) is 0 Å². The minimum Gasteiger partial charge on any atom is -0.326 e. The van der Waals surface area contributed by atoms with Crippen LogP contribution in [0.25, 0.3) is 0 Å². The Morgan fingerprint density at radius 1 is 1.33 bits per heavy atom. The van der Waals surface area contributed by atoms with E-state index in [1.807, 2.05) is 13.0 Å². The van der Waals surface area contributed by atoms with Crippen LogP contribution in [0.3, 0.4) is 0 Å². The van der Waals surface area contributed by atoms with Crippen molar-refractivity contribution in [3.63, 3.8) is 0 Å². The molecule has 1 saturated heterocycles. The maximum absolute atomic E-state index is 12.5. The summed E-state index contributed by atoms with van der Waals surface area (Å²) in [4.78, 5) is 2.62. The topological polar surface area (TPSA) is 75.4 Å². The highest BCUT2D eigenvalue weighted by atomic mass is 32.2. The summed E-state index contributed by atoms with van der Waals surface area (Å²) in [6.07, 6.45) is 2.09. The number of likely N-dealkylation sites (tertiary alicyclic amines) is 1. The SMILES string of the molecule is Cc1c(CN)cccc1S(=O)(=O)NCC1CCN(C)CC1. The summed E-state index contributed by atoms with van der Waals surface area (Å²) in [6, 6.07) is 5.26. The number of benzene rings is 1. The smallest absolute Gasteiger partial charge is 0.240 e. The second-order valence-corrected chi connectivity index (χ2v) is 7.58. The molecule has 1 fully saturated rings. The minimum absolute atomic E-state index is 0.346. The molecule has 2 rings (SSSR count). The molecule has 0 spiro atoms. The molecule has 0 aromatic heterocycles. The van der Waals surface area contributed by atoms with Gasteiger partial charge in [0.15, 0.2) is 0 Å². The van der Waals surface area contributed by atoms with Crippen molar-refractivity contribution in [1.82, 2.24) is 9.62 Å². The van der Waals surface area contributed by atoms with Gasteiger partial charge in [-0.25, -0.2) is 13.1 Å². The Hall–Kier alpha value is -0.950. The number of sulfonamides is 1. The minimum atomic E-state index is -3.46. The van der Waals surface area contributed by atoms with Crippen LogP contribution in [0.4, 0.5) is 0 Å². The molecule has 1 aromatic carbocycles. The first-order valence-electron chi connectivity index (χ1n) is 7.41. The van der Waals surface area contributed by atoms with Crippen LogP contribution >= 0.6 is 0 Å². The zero-order valence-corrected chi connectivity index (χ0v) is 13.6. The van der Waals surface area contributed by atoms with Gasteiger partial charge in [0.05, 0.1) is 4.90 Å². The maximum Gasteiger partial charge on any atom is 0.240 e. The van der Waals surface area contributed by atoms with E-state index >= 15 is 0 Å². The maximum atomic E-state index is 12.5. The Balaban J connectivity index is 2.05. The molecule has 0 saturated carbocycles. The van der Waals surface area contributed by atoms with Gasteiger partial charge in [-0.3, -0.25) is 0 Å². The number of hydrogen-bond acceptors (Lipinski definition) is 4. The van der Waals surface area contributed by atoms with Gasteiger partial charge in [-0.15, -0.1) is 0 Å². The predicted molar refractivity (Wildman–Crippen MR) is 84.5 cm³/mol. The lowest BCUT2D eigenvalue weighted by atomic mass is 9.98. The van der Waals surface area contributed by atoms with Gasteiger partial charge < -0.3 is 10.6 Å². The fraction of sp³-hybridized carbons (Fsp3) is 0.600. The summed E-state index contributed by atoms with van der Waals surface area (Å²) in [5.41, 5.74) is 7.27. The van der Waals surface area contributed by atoms with E-state index in [-0.39, 0.29) is 0 Å². The van der Waals surface area contributed by atoms with Gasteiger partial charge in [-0.2, -0.15) is 0 Å². The van der Waals surface area contributed by atoms with Crippen molar-refractivity contribution < 1.29 is 8.42 Å². The standard InChI is InChI=1S/C15H25N3O2S/c1-12-14(10-16)4-3-5-15(12)21(19,20)17-11-13-6-8-18(2)9-7-13/h3-5,13,17H,6-11,16H2,1-2H3. The van der Waals surface area contributed by atoms with E-state index < -0.39 is 10.0 Å². The fourth-order valence-electron chi connectivity index (χ4n) is 2.74. The molecule has 5 nitrogen and oxygen atoms in total. The second-order valence-electron chi connectivity index (χ2n) is 5.84. The van der Waals surface area contributed by atoms with Gasteiger partial charge >= 0.3 is 0 Å². The molecule has 1 aliphatic rings. The normalized spacial score (nSPS) is 18.0. The number of piperidine rings is 1. The molecule has 6 heteroatoms. The van der Waals surface area contributed by atoms with E-state index in [1.54, 1.807) is 12.1 Å². The van der Waals surface area contributed by atoms with Crippen LogP contribution < -0.4 is 10.5 Å². The molecule has 118 valence electrons. The quantitative estimate of drug-likeness (QED) is 0.853. The Kier molecular flexibility index (Phi) is 5.37. The van der Waals surface area contributed by atoms with Crippen LogP contribution in [0.5, 0.6) is 0 Å². The van der Waals surface area contributed by atoms with Crippen molar-refractivity contribution >= 4 is 10.0 Å². The lowest BCUT2D eigenvalue weighted by Gasteiger charge is -2.29. The Bertz CT molecular complexity index is 579. The molecular formula is C15H25N3O2S. The third-order valence-corrected chi connectivity index (χ3v) is 5.87. The van der Waals surface area contributed by atoms with Crippen LogP contribution in [-0.4, -0.2) is 40.0 Å². The van der Waals surface area contributed by atoms with Gasteiger partial charge in [0.25, 0.3) is 0 Å². The van der Waals surface area contributed by atoms with Crippen LogP contribution in [0.1, 0.15) is 24.0 Å². The van der Waals surface area contributed by atoms with Crippen molar-refractivity contribution in [1.29, 1.82) is 0 Å². The van der Waals surface area contributed by atoms with Crippen molar-refractivity contribution in [2.45, 2.75) is 31.2 Å². The number of nitrogens with two attached hydrogens (primary N) is 1. The number of rotatable bonds is 5. The first-order chi connectivity index (χ1) is 9.94. The third-order valence-electron chi connectivity index (χ3n) is 4.31. The highest BCUT2D eigenvalue weighted by Gasteiger charge is 2.22. The molecule has 0 bridgehead atoms. The molecule has 3 N–H and O–H groups in total. The second kappa shape index (κ2) is 6.87. The highest BCUT2D eigenvalue weighted by Crippen LogP contribution is 2.20. The Morgan fingerprint density at radius 2 is 2.00 bits per heavy atom. The Morgan fingerprint density at radius 3 is 2.62 bits per heavy atom. The lowest BCUT2D eigenvalue weighted by molar-refractivity contribution is 0.220. The molecule has 0 aliphatic carbocycles. The lowest BCUT2D eigenvalue weighted by Crippen LogP contribution is -2.37. The average Bonchev–Trinajstić information content (AvgIpc) is 2.47. The van der Waals surface area contributed by atoms with Crippen LogP contribution in [0, 0.1) is 12.8 Å². The van der Waals surface area contributed by atoms with E-state index in [2.05, 4.69) is 16.7 Å². The molecule has 0 unspecified atom stereocenters. The summed E-state index contributed by atoms with van der Waals surface area (Å²) in [5, 5.41) is 0. The van der Waals surface area contributed by atoms with E-state index in [4.69, 9.17) is 5.73 Å². The molecule has 0 atom stereocenters. The van der Waals surface area contributed by atoms with Crippen LogP contribution in [-0.2, 0) is 16.6 Å². The summed E-state index contributed by atoms with van der Waals surface area (Å²) >= 11 is 0. The van der Waals surface area contributed by atoms with Crippen LogP contribution in [0.2, 0.25) is 0 Å². The van der Waals surface area contributed by atoms with E-state index in [0.29, 0.717) is 23.9 Å². The molecule has 1 heterocycles. The number of nitrogens with one attached hydrogen (secondary N) is 1. The highest BCUT2D eigenvalue weighted by molar-refractivity contribution is 7.89. The fourth-order valence-corrected chi connectivity index (χ4v) is 4.15. The van der Waals surface area contributed by atoms with Crippen molar-refractivity contribution in [2.24, 2.45) is 11.7 Å². The van der Waals surface area contributed by atoms with Crippen molar-refractivity contribution in [3.8, 4) is 0 Å². The molecule has 21 heavy (non-hydrogen) atoms. The first kappa shape index (κ1) is 16.4. The van der Waals surface area contributed by atoms with Crippen molar-refractivity contribution in [2.75, 3.05) is 26.7 Å². The number of hydrogen-bond donors (Lipinski definition) is 2. The summed E-state index contributed by atoms with van der Waals surface area (Å²) in [6.45, 7) is 4.75. The molecule has 0 radical (unpaired) electrons. The van der Waals surface area contributed by atoms with Gasteiger partial charge in [0.1, 0.15) is 0 Å². The monoisotopic (exact) mass is 311 g/mol. The molecule has 0 amide bonds. The molecule has 1 aliphatic heterocycles. The summed E-state index contributed by atoms with van der Waals surface area (Å²) < 4.78 is 27.7. The summed E-state index contributed by atoms with van der Waals surface area (Å²) in [7, 11) is -1.36. The van der Waals surface area contributed by atoms with Crippen molar-refractivity contribution in [3.05, 3.63) is 29.3 Å². The number of nitrogens with zero attached hydrogens (tertiary/aromatic N) is 1. The molecule has 1 aromatic rings. The van der Waals surface area contributed by atoms with E-state index in [9.17, 15) is 8.42 Å². The van der Waals surface area contributed by atoms with Gasteiger partial charge in [-0.05, 0) is 63.0 Å². The zero-order chi connectivity index (χ0) is 15.5. The average molecular weight is 311 g/mol. The predicted octanol–water partition coefficient (Wildman–Crippen LogP) is 1.07. The van der Waals surface area contributed by atoms with Gasteiger partial charge in [0, 0.05) is 13.1 Å².